The van der Waals surface area contributed by atoms with Gasteiger partial charge in [-0.3, -0.25) is 14.0 Å². The number of nitrogens with zero attached hydrogens (tertiary/aromatic N) is 2. The average molecular weight is 364 g/mol. The van der Waals surface area contributed by atoms with Crippen LogP contribution in [0.2, 0.25) is 0 Å². The van der Waals surface area contributed by atoms with Gasteiger partial charge in [0.15, 0.2) is 0 Å². The number of hydrogen-bond acceptors (Lipinski definition) is 4. The van der Waals surface area contributed by atoms with Crippen LogP contribution < -0.4 is 0 Å². The highest BCUT2D eigenvalue weighted by atomic mass is 32.2. The normalized spacial score (nSPS) is 20.5. The molecule has 4 nitrogen and oxygen atoms in total. The van der Waals surface area contributed by atoms with E-state index in [0.29, 0.717) is 6.54 Å². The summed E-state index contributed by atoms with van der Waals surface area (Å²) in [7, 11) is 1.43. The second kappa shape index (κ2) is 6.56. The van der Waals surface area contributed by atoms with Crippen LogP contribution in [-0.2, 0) is 10.8 Å². The van der Waals surface area contributed by atoms with E-state index < -0.39 is 22.5 Å². The molecule has 1 aliphatic rings. The first-order valence-electron chi connectivity index (χ1n) is 6.69. The summed E-state index contributed by atoms with van der Waals surface area (Å²) < 4.78 is 51.6. The molecule has 1 atom stereocenters. The molecule has 1 aliphatic heterocycles. The number of alkyl halides is 3. The van der Waals surface area contributed by atoms with E-state index in [1.807, 2.05) is 0 Å². The standard InChI is InChI=1S/C14H15F3N2O2S2/c1-4-8(14(15,16)17)11(18-2)9-7-10-12(22-9)13(20)19(3)5-6-23(10)21/h4,7H,5-6H2,1-3H3/b8-4+,18-11?. The van der Waals surface area contributed by atoms with Gasteiger partial charge in [-0.15, -0.1) is 11.3 Å². The Bertz CT molecular complexity index is 720. The molecule has 1 aromatic rings. The molecule has 0 radical (unpaired) electrons. The Morgan fingerprint density at radius 3 is 2.65 bits per heavy atom. The van der Waals surface area contributed by atoms with Crippen LogP contribution in [0.1, 0.15) is 21.5 Å². The molecule has 1 amide bonds. The van der Waals surface area contributed by atoms with Crippen molar-refractivity contribution in [3.63, 3.8) is 0 Å². The van der Waals surface area contributed by atoms with Crippen LogP contribution in [-0.4, -0.2) is 53.3 Å². The molecule has 0 saturated heterocycles. The number of aliphatic imine (C=N–C) groups is 1. The highest BCUT2D eigenvalue weighted by molar-refractivity contribution is 7.85. The Morgan fingerprint density at radius 2 is 2.13 bits per heavy atom. The van der Waals surface area contributed by atoms with E-state index in [2.05, 4.69) is 4.99 Å². The van der Waals surface area contributed by atoms with Gasteiger partial charge in [0.2, 0.25) is 0 Å². The van der Waals surface area contributed by atoms with Gasteiger partial charge < -0.3 is 4.90 Å². The molecular formula is C14H15F3N2O2S2. The highest BCUT2D eigenvalue weighted by Gasteiger charge is 2.38. The van der Waals surface area contributed by atoms with Gasteiger partial charge >= 0.3 is 6.18 Å². The minimum Gasteiger partial charge on any atom is -0.340 e. The molecule has 1 unspecified atom stereocenters. The van der Waals surface area contributed by atoms with Gasteiger partial charge in [0.1, 0.15) is 4.88 Å². The van der Waals surface area contributed by atoms with Gasteiger partial charge in [-0.2, -0.15) is 13.2 Å². The first-order valence-corrected chi connectivity index (χ1v) is 8.83. The maximum Gasteiger partial charge on any atom is 0.418 e. The van der Waals surface area contributed by atoms with Gasteiger partial charge in [-0.25, -0.2) is 0 Å². The lowest BCUT2D eigenvalue weighted by molar-refractivity contribution is -0.0861. The molecule has 23 heavy (non-hydrogen) atoms. The smallest absolute Gasteiger partial charge is 0.340 e. The minimum atomic E-state index is -4.55. The number of halogens is 3. The van der Waals surface area contributed by atoms with Crippen molar-refractivity contribution in [2.75, 3.05) is 26.4 Å². The summed E-state index contributed by atoms with van der Waals surface area (Å²) in [6.07, 6.45) is -3.61. The maximum absolute atomic E-state index is 13.1. The summed E-state index contributed by atoms with van der Waals surface area (Å²) in [6, 6.07) is 1.39. The molecule has 0 spiro atoms. The lowest BCUT2D eigenvalue weighted by atomic mass is 10.1. The summed E-state index contributed by atoms with van der Waals surface area (Å²) in [5, 5.41) is 0. The van der Waals surface area contributed by atoms with Gasteiger partial charge in [0.05, 0.1) is 31.9 Å². The Labute approximate surface area is 138 Å². The number of allylic oxidation sites excluding steroid dienone is 2. The van der Waals surface area contributed by atoms with Crippen molar-refractivity contribution < 1.29 is 22.2 Å². The predicted molar refractivity (Wildman–Crippen MR) is 84.8 cm³/mol. The van der Waals surface area contributed by atoms with Gasteiger partial charge in [0, 0.05) is 26.4 Å². The van der Waals surface area contributed by atoms with E-state index >= 15 is 0 Å². The predicted octanol–water partition coefficient (Wildman–Crippen LogP) is 2.87. The number of thiophene rings is 1. The van der Waals surface area contributed by atoms with Crippen molar-refractivity contribution >= 4 is 33.8 Å². The molecule has 0 aromatic carbocycles. The average Bonchev–Trinajstić information content (AvgIpc) is 2.88. The molecule has 0 N–H and O–H groups in total. The Balaban J connectivity index is 2.57. The Hall–Kier alpha value is -1.48. The summed E-state index contributed by atoms with van der Waals surface area (Å²) >= 11 is 0.901. The Morgan fingerprint density at radius 1 is 1.48 bits per heavy atom. The molecule has 0 aliphatic carbocycles. The summed E-state index contributed by atoms with van der Waals surface area (Å²) in [4.78, 5) is 18.1. The maximum atomic E-state index is 13.1. The fraction of sp³-hybridized carbons (Fsp3) is 0.429. The topological polar surface area (TPSA) is 49.7 Å². The van der Waals surface area contributed by atoms with Crippen LogP contribution in [0.4, 0.5) is 13.2 Å². The van der Waals surface area contributed by atoms with Gasteiger partial charge in [0.25, 0.3) is 5.91 Å². The fourth-order valence-corrected chi connectivity index (χ4v) is 4.99. The van der Waals surface area contributed by atoms with Gasteiger partial charge in [-0.1, -0.05) is 6.08 Å². The van der Waals surface area contributed by atoms with Crippen LogP contribution >= 0.6 is 11.3 Å². The van der Waals surface area contributed by atoms with E-state index in [0.717, 1.165) is 17.4 Å². The molecule has 2 rings (SSSR count). The van der Waals surface area contributed by atoms with Crippen LogP contribution in [0.5, 0.6) is 0 Å². The first kappa shape index (κ1) is 17.9. The monoisotopic (exact) mass is 364 g/mol. The van der Waals surface area contributed by atoms with E-state index in [1.165, 1.54) is 24.9 Å². The molecule has 0 bridgehead atoms. The van der Waals surface area contributed by atoms with Crippen molar-refractivity contribution in [3.05, 3.63) is 27.5 Å². The SMILES string of the molecule is C/C=C(\C(=NC)c1cc2c(s1)C(=O)N(C)CCS2=O)C(F)(F)F. The van der Waals surface area contributed by atoms with Crippen LogP contribution in [0.25, 0.3) is 0 Å². The number of amides is 1. The molecular weight excluding hydrogens is 349 g/mol. The number of hydrogen-bond donors (Lipinski definition) is 0. The lowest BCUT2D eigenvalue weighted by Crippen LogP contribution is -2.27. The summed E-state index contributed by atoms with van der Waals surface area (Å²) in [5.74, 6) is -0.0636. The largest absolute Gasteiger partial charge is 0.418 e. The number of fused-ring (bicyclic) bond motifs is 1. The molecule has 1 aromatic heterocycles. The van der Waals surface area contributed by atoms with Crippen molar-refractivity contribution in [2.45, 2.75) is 18.0 Å². The minimum absolute atomic E-state index is 0.194. The zero-order chi connectivity index (χ0) is 17.4. The number of rotatable bonds is 2. The second-order valence-corrected chi connectivity index (χ2v) is 7.44. The third-order valence-electron chi connectivity index (χ3n) is 3.40. The Kier molecular flexibility index (Phi) is 5.10. The van der Waals surface area contributed by atoms with Crippen molar-refractivity contribution in [1.82, 2.24) is 4.90 Å². The lowest BCUT2D eigenvalue weighted by Gasteiger charge is -2.13. The number of carbonyl (C=O) groups excluding carboxylic acids is 1. The summed E-state index contributed by atoms with van der Waals surface area (Å²) in [5.41, 5.74) is -1.12. The molecule has 0 fully saturated rings. The highest BCUT2D eigenvalue weighted by Crippen LogP contribution is 2.34. The first-order chi connectivity index (χ1) is 10.7. The zero-order valence-electron chi connectivity index (χ0n) is 12.7. The van der Waals surface area contributed by atoms with Crippen molar-refractivity contribution in [3.8, 4) is 0 Å². The number of carbonyl (C=O) groups is 1. The van der Waals surface area contributed by atoms with Gasteiger partial charge in [-0.05, 0) is 13.0 Å². The second-order valence-electron chi connectivity index (χ2n) is 4.85. The van der Waals surface area contributed by atoms with E-state index in [-0.39, 0.29) is 32.0 Å². The van der Waals surface area contributed by atoms with E-state index in [1.54, 1.807) is 7.05 Å². The molecule has 0 saturated carbocycles. The van der Waals surface area contributed by atoms with E-state index in [9.17, 15) is 22.2 Å². The van der Waals surface area contributed by atoms with Crippen molar-refractivity contribution in [2.24, 2.45) is 4.99 Å². The molecule has 126 valence electrons. The third kappa shape index (κ3) is 3.40. The fourth-order valence-electron chi connectivity index (χ4n) is 2.21. The molecule has 2 heterocycles. The quantitative estimate of drug-likeness (QED) is 0.758. The van der Waals surface area contributed by atoms with Crippen molar-refractivity contribution in [1.29, 1.82) is 0 Å². The molecule has 9 heteroatoms. The van der Waals surface area contributed by atoms with Crippen LogP contribution in [0.15, 0.2) is 27.6 Å². The zero-order valence-corrected chi connectivity index (χ0v) is 14.4. The van der Waals surface area contributed by atoms with E-state index in [4.69, 9.17) is 0 Å². The third-order valence-corrected chi connectivity index (χ3v) is 6.03. The van der Waals surface area contributed by atoms with Crippen LogP contribution in [0, 0.1) is 0 Å². The van der Waals surface area contributed by atoms with Crippen LogP contribution in [0.3, 0.4) is 0 Å². The summed E-state index contributed by atoms with van der Waals surface area (Å²) in [6.45, 7) is 1.63.